The van der Waals surface area contributed by atoms with Crippen molar-refractivity contribution in [3.63, 3.8) is 0 Å². The van der Waals surface area contributed by atoms with E-state index in [4.69, 9.17) is 23.4 Å². The number of phenolic OH excluding ortho intramolecular Hbond substituents is 2. The number of aliphatic hydroxyl groups excluding tert-OH is 4. The fourth-order valence-corrected chi connectivity index (χ4v) is 3.87. The molecule has 0 bridgehead atoms. The summed E-state index contributed by atoms with van der Waals surface area (Å²) in [6.45, 7) is -0.876. The van der Waals surface area contributed by atoms with Crippen molar-refractivity contribution in [2.45, 2.75) is 30.7 Å². The Balaban J connectivity index is 1.69. The van der Waals surface area contributed by atoms with E-state index in [1.165, 1.54) is 30.3 Å². The Labute approximate surface area is 190 Å². The molecular weight excluding hydrogens is 456 g/mol. The van der Waals surface area contributed by atoms with E-state index in [1.54, 1.807) is 0 Å². The Morgan fingerprint density at radius 3 is 2.44 bits per heavy atom. The summed E-state index contributed by atoms with van der Waals surface area (Å²) in [4.78, 5) is 13.5. The van der Waals surface area contributed by atoms with Crippen LogP contribution in [0, 0.1) is 0 Å². The van der Waals surface area contributed by atoms with E-state index in [2.05, 4.69) is 0 Å². The second-order valence-electron chi connectivity index (χ2n) is 7.78. The van der Waals surface area contributed by atoms with Crippen LogP contribution >= 0.6 is 0 Å². The third-order valence-electron chi connectivity index (χ3n) is 5.67. The minimum atomic E-state index is -1.80. The average molecular weight is 476 g/mol. The SMILES string of the molecule is O=c1c(O[C@@H]2O[C@H](CO)[C@@H](O)[C@@H](O)[C@@H]2O)c(-c2ccc(O)cc2)oc2cc3c(c(O)c12)OCO3. The van der Waals surface area contributed by atoms with E-state index in [9.17, 15) is 35.4 Å². The normalized spacial score (nSPS) is 26.1. The Morgan fingerprint density at radius 1 is 1.00 bits per heavy atom. The lowest BCUT2D eigenvalue weighted by Crippen LogP contribution is -2.60. The van der Waals surface area contributed by atoms with Gasteiger partial charge in [-0.3, -0.25) is 4.79 Å². The molecule has 1 aromatic heterocycles. The average Bonchev–Trinajstić information content (AvgIpc) is 3.30. The van der Waals surface area contributed by atoms with E-state index in [-0.39, 0.29) is 46.3 Å². The highest BCUT2D eigenvalue weighted by atomic mass is 16.7. The standard InChI is InChI=1S/C22H20O12/c23-6-12-14(25)17(28)18(29)22(33-12)34-21-16(27)13-10(5-11-20(15(13)26)31-7-30-11)32-19(21)8-1-3-9(24)4-2-8/h1-5,12,14,17-18,22-26,28-29H,6-7H2/t12-,14-,17-,18+,22+/m1/s1. The third kappa shape index (κ3) is 3.48. The van der Waals surface area contributed by atoms with Gasteiger partial charge in [-0.2, -0.15) is 0 Å². The topological polar surface area (TPSA) is 189 Å². The van der Waals surface area contributed by atoms with Crippen molar-refractivity contribution in [1.29, 1.82) is 0 Å². The molecule has 6 N–H and O–H groups in total. The zero-order chi connectivity index (χ0) is 24.1. The van der Waals surface area contributed by atoms with Crippen molar-refractivity contribution in [3.05, 3.63) is 40.6 Å². The highest BCUT2D eigenvalue weighted by Crippen LogP contribution is 2.46. The molecule has 2 aromatic carbocycles. The van der Waals surface area contributed by atoms with E-state index in [0.29, 0.717) is 0 Å². The zero-order valence-electron chi connectivity index (χ0n) is 17.3. The van der Waals surface area contributed by atoms with Crippen LogP contribution in [0.25, 0.3) is 22.3 Å². The molecule has 34 heavy (non-hydrogen) atoms. The van der Waals surface area contributed by atoms with Crippen LogP contribution in [0.5, 0.6) is 28.7 Å². The molecule has 0 saturated carbocycles. The molecule has 2 aliphatic rings. The second kappa shape index (κ2) is 8.34. The lowest BCUT2D eigenvalue weighted by atomic mass is 9.99. The predicted molar refractivity (Wildman–Crippen MR) is 112 cm³/mol. The maximum Gasteiger partial charge on any atom is 0.239 e. The molecule has 0 radical (unpaired) electrons. The molecule has 12 nitrogen and oxygen atoms in total. The number of fused-ring (bicyclic) bond motifs is 2. The maximum absolute atomic E-state index is 13.5. The van der Waals surface area contributed by atoms with E-state index >= 15 is 0 Å². The van der Waals surface area contributed by atoms with Crippen LogP contribution in [0.4, 0.5) is 0 Å². The summed E-state index contributed by atoms with van der Waals surface area (Å²) in [6.07, 6.45) is -8.15. The first-order valence-electron chi connectivity index (χ1n) is 10.2. The largest absolute Gasteiger partial charge is 0.508 e. The van der Waals surface area contributed by atoms with Crippen molar-refractivity contribution < 1.29 is 54.0 Å². The lowest BCUT2D eigenvalue weighted by Gasteiger charge is -2.39. The van der Waals surface area contributed by atoms with Gasteiger partial charge in [0.1, 0.15) is 41.1 Å². The Hall–Kier alpha value is -3.55. The van der Waals surface area contributed by atoms with Crippen LogP contribution in [0.2, 0.25) is 0 Å². The molecule has 5 rings (SSSR count). The molecule has 0 unspecified atom stereocenters. The Morgan fingerprint density at radius 2 is 1.74 bits per heavy atom. The first-order valence-corrected chi connectivity index (χ1v) is 10.2. The molecule has 0 aliphatic carbocycles. The molecule has 1 fully saturated rings. The summed E-state index contributed by atoms with van der Waals surface area (Å²) < 4.78 is 27.4. The summed E-state index contributed by atoms with van der Waals surface area (Å²) in [7, 11) is 0. The van der Waals surface area contributed by atoms with Crippen LogP contribution in [-0.2, 0) is 4.74 Å². The van der Waals surface area contributed by atoms with Crippen LogP contribution < -0.4 is 19.6 Å². The van der Waals surface area contributed by atoms with Crippen molar-refractivity contribution >= 4 is 11.0 Å². The highest BCUT2D eigenvalue weighted by molar-refractivity contribution is 5.91. The number of benzene rings is 2. The summed E-state index contributed by atoms with van der Waals surface area (Å²) in [5.74, 6) is -1.15. The lowest BCUT2D eigenvalue weighted by molar-refractivity contribution is -0.277. The van der Waals surface area contributed by atoms with Crippen LogP contribution in [-0.4, -0.2) is 74.7 Å². The van der Waals surface area contributed by atoms with Gasteiger partial charge in [0.2, 0.25) is 30.0 Å². The monoisotopic (exact) mass is 476 g/mol. The van der Waals surface area contributed by atoms with Crippen molar-refractivity contribution in [1.82, 2.24) is 0 Å². The Bertz CT molecular complexity index is 1280. The molecule has 3 aromatic rings. The predicted octanol–water partition coefficient (Wildman–Crippen LogP) is -0.221. The first-order chi connectivity index (χ1) is 16.3. The van der Waals surface area contributed by atoms with Gasteiger partial charge >= 0.3 is 0 Å². The van der Waals surface area contributed by atoms with Gasteiger partial charge in [0.15, 0.2) is 17.3 Å². The number of aromatic hydroxyl groups is 2. The summed E-state index contributed by atoms with van der Waals surface area (Å²) in [5.41, 5.74) is -0.637. The van der Waals surface area contributed by atoms with Gasteiger partial charge in [0, 0.05) is 11.6 Å². The van der Waals surface area contributed by atoms with Crippen LogP contribution in [0.1, 0.15) is 0 Å². The van der Waals surface area contributed by atoms with Crippen molar-refractivity contribution in [2.75, 3.05) is 13.4 Å². The second-order valence-corrected chi connectivity index (χ2v) is 7.78. The summed E-state index contributed by atoms with van der Waals surface area (Å²) in [5, 5.41) is 59.9. The quantitative estimate of drug-likeness (QED) is 0.291. The fraction of sp³-hybridized carbons (Fsp3) is 0.318. The molecular formula is C22H20O12. The minimum Gasteiger partial charge on any atom is -0.508 e. The van der Waals surface area contributed by atoms with Crippen molar-refractivity contribution in [3.8, 4) is 40.1 Å². The van der Waals surface area contributed by atoms with E-state index in [0.717, 1.165) is 0 Å². The first kappa shape index (κ1) is 22.3. The van der Waals surface area contributed by atoms with E-state index in [1.807, 2.05) is 0 Å². The molecule has 12 heteroatoms. The molecule has 0 spiro atoms. The number of hydrogen-bond donors (Lipinski definition) is 6. The number of hydrogen-bond acceptors (Lipinski definition) is 12. The molecule has 180 valence electrons. The van der Waals surface area contributed by atoms with Gasteiger partial charge in [-0.15, -0.1) is 0 Å². The van der Waals surface area contributed by atoms with Gasteiger partial charge in [0.25, 0.3) is 0 Å². The molecule has 5 atom stereocenters. The Kier molecular flexibility index (Phi) is 5.46. The van der Waals surface area contributed by atoms with Crippen LogP contribution in [0.15, 0.2) is 39.5 Å². The number of ether oxygens (including phenoxy) is 4. The molecule has 3 heterocycles. The minimum absolute atomic E-state index is 0.0516. The third-order valence-corrected chi connectivity index (χ3v) is 5.67. The van der Waals surface area contributed by atoms with Gasteiger partial charge in [-0.1, -0.05) is 0 Å². The van der Waals surface area contributed by atoms with Gasteiger partial charge < -0.3 is 54.0 Å². The number of rotatable bonds is 4. The fourth-order valence-electron chi connectivity index (χ4n) is 3.87. The molecule has 0 amide bonds. The summed E-state index contributed by atoms with van der Waals surface area (Å²) in [6, 6.07) is 6.92. The smallest absolute Gasteiger partial charge is 0.239 e. The van der Waals surface area contributed by atoms with Gasteiger partial charge in [0.05, 0.1) is 6.61 Å². The van der Waals surface area contributed by atoms with Gasteiger partial charge in [-0.05, 0) is 24.3 Å². The van der Waals surface area contributed by atoms with Crippen LogP contribution in [0.3, 0.4) is 0 Å². The van der Waals surface area contributed by atoms with Gasteiger partial charge in [-0.25, -0.2) is 0 Å². The number of phenols is 2. The summed E-state index contributed by atoms with van der Waals surface area (Å²) >= 11 is 0. The molecule has 2 aliphatic heterocycles. The highest BCUT2D eigenvalue weighted by Gasteiger charge is 2.45. The van der Waals surface area contributed by atoms with Crippen molar-refractivity contribution in [2.24, 2.45) is 0 Å². The maximum atomic E-state index is 13.5. The van der Waals surface area contributed by atoms with E-state index < -0.39 is 54.2 Å². The number of aliphatic hydroxyl groups is 4. The zero-order valence-corrected chi connectivity index (χ0v) is 17.3. The molecule has 1 saturated heterocycles.